The van der Waals surface area contributed by atoms with E-state index in [1.54, 1.807) is 4.90 Å². The molecule has 21 heavy (non-hydrogen) atoms. The minimum atomic E-state index is -0.788. The van der Waals surface area contributed by atoms with Crippen molar-refractivity contribution >= 4 is 12.0 Å². The second-order valence-corrected chi connectivity index (χ2v) is 5.98. The van der Waals surface area contributed by atoms with Gasteiger partial charge in [-0.2, -0.15) is 0 Å². The van der Waals surface area contributed by atoms with Crippen molar-refractivity contribution in [3.8, 4) is 0 Å². The van der Waals surface area contributed by atoms with Crippen LogP contribution in [0.3, 0.4) is 0 Å². The summed E-state index contributed by atoms with van der Waals surface area (Å²) in [6.07, 6.45) is 6.53. The van der Waals surface area contributed by atoms with E-state index >= 15 is 0 Å². The van der Waals surface area contributed by atoms with Crippen molar-refractivity contribution in [1.82, 2.24) is 10.2 Å². The molecule has 120 valence electrons. The van der Waals surface area contributed by atoms with Crippen LogP contribution >= 0.6 is 0 Å². The van der Waals surface area contributed by atoms with E-state index in [1.807, 2.05) is 0 Å². The van der Waals surface area contributed by atoms with E-state index in [9.17, 15) is 14.7 Å². The van der Waals surface area contributed by atoms with Gasteiger partial charge in [-0.3, -0.25) is 4.79 Å². The van der Waals surface area contributed by atoms with Gasteiger partial charge in [-0.05, 0) is 18.8 Å². The van der Waals surface area contributed by atoms with Gasteiger partial charge in [0, 0.05) is 19.6 Å². The number of urea groups is 1. The van der Waals surface area contributed by atoms with Crippen LogP contribution in [0.4, 0.5) is 4.79 Å². The smallest absolute Gasteiger partial charge is 0.317 e. The van der Waals surface area contributed by atoms with Crippen LogP contribution in [0.5, 0.6) is 0 Å². The third kappa shape index (κ3) is 4.88. The number of carboxylic acid groups (broad SMARTS) is 1. The normalized spacial score (nSPS) is 22.4. The van der Waals surface area contributed by atoms with E-state index in [2.05, 4.69) is 5.32 Å². The number of amides is 2. The summed E-state index contributed by atoms with van der Waals surface area (Å²) in [5, 5.41) is 12.3. The number of morpholine rings is 1. The van der Waals surface area contributed by atoms with Gasteiger partial charge in [0.2, 0.25) is 0 Å². The van der Waals surface area contributed by atoms with Gasteiger partial charge in [0.25, 0.3) is 0 Å². The summed E-state index contributed by atoms with van der Waals surface area (Å²) in [5.74, 6) is -1.06. The Hall–Kier alpha value is -1.30. The predicted molar refractivity (Wildman–Crippen MR) is 78.1 cm³/mol. The third-order valence-electron chi connectivity index (χ3n) is 4.56. The molecule has 2 fully saturated rings. The number of nitrogens with zero attached hydrogens (tertiary/aromatic N) is 1. The molecule has 1 unspecified atom stereocenters. The Bertz CT molecular complexity index is 348. The van der Waals surface area contributed by atoms with Crippen molar-refractivity contribution in [2.45, 2.75) is 38.5 Å². The summed E-state index contributed by atoms with van der Waals surface area (Å²) < 4.78 is 5.21. The molecule has 1 aliphatic carbocycles. The molecule has 0 aromatic carbocycles. The highest BCUT2D eigenvalue weighted by atomic mass is 16.5. The molecule has 6 nitrogen and oxygen atoms in total. The van der Waals surface area contributed by atoms with Crippen LogP contribution in [0, 0.1) is 11.8 Å². The second kappa shape index (κ2) is 8.22. The Kier molecular flexibility index (Phi) is 6.29. The number of hydrogen-bond donors (Lipinski definition) is 2. The lowest BCUT2D eigenvalue weighted by molar-refractivity contribution is -0.143. The van der Waals surface area contributed by atoms with E-state index in [4.69, 9.17) is 4.74 Å². The summed E-state index contributed by atoms with van der Waals surface area (Å²) in [7, 11) is 0. The van der Waals surface area contributed by atoms with Crippen LogP contribution in [0.1, 0.15) is 38.5 Å². The van der Waals surface area contributed by atoms with Crippen LogP contribution in [0.25, 0.3) is 0 Å². The lowest BCUT2D eigenvalue weighted by Gasteiger charge is -2.28. The summed E-state index contributed by atoms with van der Waals surface area (Å²) in [6.45, 7) is 2.49. The number of hydrogen-bond acceptors (Lipinski definition) is 3. The number of rotatable bonds is 4. The number of aliphatic carboxylic acids is 1. The summed E-state index contributed by atoms with van der Waals surface area (Å²) in [4.78, 5) is 25.2. The maximum Gasteiger partial charge on any atom is 0.317 e. The molecule has 0 spiro atoms. The third-order valence-corrected chi connectivity index (χ3v) is 4.56. The Morgan fingerprint density at radius 2 is 1.76 bits per heavy atom. The number of carboxylic acids is 1. The molecule has 1 aliphatic heterocycles. The van der Waals surface area contributed by atoms with Crippen molar-refractivity contribution in [1.29, 1.82) is 0 Å². The van der Waals surface area contributed by atoms with Crippen molar-refractivity contribution < 1.29 is 19.4 Å². The summed E-state index contributed by atoms with van der Waals surface area (Å²) in [5.41, 5.74) is 0. The fraction of sp³-hybridized carbons (Fsp3) is 0.867. The van der Waals surface area contributed by atoms with Gasteiger partial charge in [-0.25, -0.2) is 4.79 Å². The van der Waals surface area contributed by atoms with Crippen LogP contribution in [-0.2, 0) is 9.53 Å². The molecule has 1 saturated carbocycles. The largest absolute Gasteiger partial charge is 0.481 e. The van der Waals surface area contributed by atoms with Gasteiger partial charge < -0.3 is 20.1 Å². The Balaban J connectivity index is 1.84. The zero-order chi connectivity index (χ0) is 15.1. The molecule has 2 N–H and O–H groups in total. The number of ether oxygens (including phenoxy) is 1. The first-order chi connectivity index (χ1) is 10.2. The molecular weight excluding hydrogens is 272 g/mol. The molecule has 1 heterocycles. The van der Waals surface area contributed by atoms with Crippen LogP contribution in [0.2, 0.25) is 0 Å². The molecule has 0 aromatic rings. The maximum atomic E-state index is 12.0. The van der Waals surface area contributed by atoms with Crippen LogP contribution < -0.4 is 5.32 Å². The standard InChI is InChI=1S/C15H26N2O4/c18-14(19)13(12-5-3-1-2-4-6-12)11-16-15(20)17-7-9-21-10-8-17/h12-13H,1-11H2,(H,16,20)(H,18,19). The molecule has 6 heteroatoms. The molecule has 2 aliphatic rings. The second-order valence-electron chi connectivity index (χ2n) is 5.98. The van der Waals surface area contributed by atoms with Gasteiger partial charge in [-0.15, -0.1) is 0 Å². The van der Waals surface area contributed by atoms with Crippen molar-refractivity contribution in [2.75, 3.05) is 32.8 Å². The molecule has 2 rings (SSSR count). The fourth-order valence-corrected chi connectivity index (χ4v) is 3.24. The van der Waals surface area contributed by atoms with Crippen molar-refractivity contribution in [2.24, 2.45) is 11.8 Å². The maximum absolute atomic E-state index is 12.0. The molecule has 0 aromatic heterocycles. The number of carbonyl (C=O) groups is 2. The number of carbonyl (C=O) groups excluding carboxylic acids is 1. The fourth-order valence-electron chi connectivity index (χ4n) is 3.24. The molecule has 0 radical (unpaired) electrons. The Morgan fingerprint density at radius 3 is 2.33 bits per heavy atom. The van der Waals surface area contributed by atoms with E-state index in [-0.39, 0.29) is 18.5 Å². The average Bonchev–Trinajstić information content (AvgIpc) is 2.77. The first-order valence-electron chi connectivity index (χ1n) is 8.02. The summed E-state index contributed by atoms with van der Waals surface area (Å²) >= 11 is 0. The molecular formula is C15H26N2O4. The zero-order valence-corrected chi connectivity index (χ0v) is 12.6. The summed E-state index contributed by atoms with van der Waals surface area (Å²) in [6, 6.07) is -0.168. The van der Waals surface area contributed by atoms with Gasteiger partial charge in [0.15, 0.2) is 0 Å². The van der Waals surface area contributed by atoms with Gasteiger partial charge in [0.1, 0.15) is 0 Å². The minimum Gasteiger partial charge on any atom is -0.481 e. The monoisotopic (exact) mass is 298 g/mol. The van der Waals surface area contributed by atoms with E-state index in [1.165, 1.54) is 12.8 Å². The van der Waals surface area contributed by atoms with E-state index < -0.39 is 11.9 Å². The first kappa shape index (κ1) is 16.1. The zero-order valence-electron chi connectivity index (χ0n) is 12.6. The van der Waals surface area contributed by atoms with Crippen LogP contribution in [0.15, 0.2) is 0 Å². The minimum absolute atomic E-state index is 0.168. The van der Waals surface area contributed by atoms with Crippen LogP contribution in [-0.4, -0.2) is 54.9 Å². The Morgan fingerprint density at radius 1 is 1.14 bits per heavy atom. The quantitative estimate of drug-likeness (QED) is 0.774. The first-order valence-corrected chi connectivity index (χ1v) is 8.02. The average molecular weight is 298 g/mol. The molecule has 1 atom stereocenters. The SMILES string of the molecule is O=C(O)C(CNC(=O)N1CCOCC1)C1CCCCCC1. The Labute approximate surface area is 125 Å². The highest BCUT2D eigenvalue weighted by Crippen LogP contribution is 2.29. The van der Waals surface area contributed by atoms with Crippen molar-refractivity contribution in [3.63, 3.8) is 0 Å². The lowest BCUT2D eigenvalue weighted by Crippen LogP contribution is -2.48. The van der Waals surface area contributed by atoms with Gasteiger partial charge in [-0.1, -0.05) is 25.7 Å². The van der Waals surface area contributed by atoms with Gasteiger partial charge >= 0.3 is 12.0 Å². The predicted octanol–water partition coefficient (Wildman–Crippen LogP) is 1.70. The van der Waals surface area contributed by atoms with E-state index in [0.29, 0.717) is 26.3 Å². The molecule has 1 saturated heterocycles. The highest BCUT2D eigenvalue weighted by molar-refractivity contribution is 5.76. The van der Waals surface area contributed by atoms with E-state index in [0.717, 1.165) is 25.7 Å². The number of nitrogens with one attached hydrogen (secondary N) is 1. The topological polar surface area (TPSA) is 78.9 Å². The molecule has 0 bridgehead atoms. The molecule has 2 amide bonds. The highest BCUT2D eigenvalue weighted by Gasteiger charge is 2.29. The van der Waals surface area contributed by atoms with Crippen molar-refractivity contribution in [3.05, 3.63) is 0 Å². The van der Waals surface area contributed by atoms with Gasteiger partial charge in [0.05, 0.1) is 19.1 Å². The lowest BCUT2D eigenvalue weighted by atomic mass is 9.86.